The van der Waals surface area contributed by atoms with E-state index in [1.807, 2.05) is 0 Å². The fourth-order valence-corrected chi connectivity index (χ4v) is 4.24. The number of aromatic nitrogens is 1. The van der Waals surface area contributed by atoms with Gasteiger partial charge < -0.3 is 9.15 Å². The van der Waals surface area contributed by atoms with E-state index in [2.05, 4.69) is 14.4 Å². The minimum Gasteiger partial charge on any atom is -0.431 e. The molecule has 4 rings (SSSR count). The summed E-state index contributed by atoms with van der Waals surface area (Å²) >= 11 is 1.33. The first-order valence-corrected chi connectivity index (χ1v) is 11.8. The number of aryl methyl sites for hydroxylation is 1. The number of benzene rings is 2. The Morgan fingerprint density at radius 1 is 1.24 bits per heavy atom. The molecule has 8 nitrogen and oxygen atoms in total. The summed E-state index contributed by atoms with van der Waals surface area (Å²) < 4.78 is 53.6. The first-order chi connectivity index (χ1) is 15.3. The van der Waals surface area contributed by atoms with Gasteiger partial charge in [0.2, 0.25) is 0 Å². The minimum absolute atomic E-state index is 0. The second-order valence-electron chi connectivity index (χ2n) is 6.82. The van der Waals surface area contributed by atoms with Gasteiger partial charge in [0.05, 0.1) is 5.69 Å². The molecule has 0 aliphatic carbocycles. The molecule has 0 unspecified atom stereocenters. The van der Waals surface area contributed by atoms with E-state index in [9.17, 15) is 17.6 Å². The van der Waals surface area contributed by atoms with Crippen LogP contribution in [0.5, 0.6) is 10.9 Å². The van der Waals surface area contributed by atoms with Crippen LogP contribution in [0.25, 0.3) is 11.0 Å². The largest absolute Gasteiger partial charge is 0.431 e. The van der Waals surface area contributed by atoms with Crippen molar-refractivity contribution in [2.45, 2.75) is 13.3 Å². The molecule has 12 heteroatoms. The molecule has 0 bridgehead atoms. The van der Waals surface area contributed by atoms with Crippen molar-refractivity contribution < 1.29 is 22.0 Å². The van der Waals surface area contributed by atoms with Gasteiger partial charge in [-0.25, -0.2) is 18.9 Å². The molecule has 2 aromatic carbocycles. The maximum atomic E-state index is 14.9. The molecule has 4 aromatic rings. The van der Waals surface area contributed by atoms with Crippen molar-refractivity contribution in [3.63, 3.8) is 0 Å². The third-order valence-electron chi connectivity index (χ3n) is 4.83. The van der Waals surface area contributed by atoms with E-state index in [-0.39, 0.29) is 52.8 Å². The Bertz CT molecular complexity index is 1460. The van der Waals surface area contributed by atoms with Gasteiger partial charge in [0.25, 0.3) is 15.4 Å². The summed E-state index contributed by atoms with van der Waals surface area (Å²) in [6, 6.07) is 9.38. The van der Waals surface area contributed by atoms with Crippen molar-refractivity contribution in [1.29, 1.82) is 0 Å². The van der Waals surface area contributed by atoms with Gasteiger partial charge in [-0.15, -0.1) is 0 Å². The molecular formula is C21H18FN3NaO5S2. The number of halogens is 1. The molecule has 0 spiro atoms. The van der Waals surface area contributed by atoms with E-state index in [4.69, 9.17) is 9.15 Å². The maximum Gasteiger partial charge on any atom is 0.340 e. The molecule has 2 aromatic heterocycles. The van der Waals surface area contributed by atoms with Crippen molar-refractivity contribution in [2.75, 3.05) is 11.8 Å². The number of nitrogens with zero attached hydrogens (tertiary/aromatic N) is 1. The summed E-state index contributed by atoms with van der Waals surface area (Å²) in [5.74, 6) is -0.296. The Hall–Kier alpha value is -2.28. The van der Waals surface area contributed by atoms with Gasteiger partial charge in [-0.2, -0.15) is 8.42 Å². The van der Waals surface area contributed by atoms with E-state index in [1.54, 1.807) is 36.7 Å². The first kappa shape index (κ1) is 25.3. The van der Waals surface area contributed by atoms with Gasteiger partial charge in [-0.3, -0.25) is 4.72 Å². The number of hydrogen-bond donors (Lipinski definition) is 2. The van der Waals surface area contributed by atoms with E-state index in [1.165, 1.54) is 36.6 Å². The fraction of sp³-hybridized carbons (Fsp3) is 0.143. The van der Waals surface area contributed by atoms with Crippen molar-refractivity contribution in [1.82, 2.24) is 9.71 Å². The molecule has 33 heavy (non-hydrogen) atoms. The van der Waals surface area contributed by atoms with Crippen molar-refractivity contribution in [3.05, 3.63) is 80.9 Å². The number of thiazole rings is 1. The smallest absolute Gasteiger partial charge is 0.340 e. The summed E-state index contributed by atoms with van der Waals surface area (Å²) in [6.07, 6.45) is 1.55. The first-order valence-electron chi connectivity index (χ1n) is 9.40. The molecule has 2 N–H and O–H groups in total. The van der Waals surface area contributed by atoms with Gasteiger partial charge in [-0.05, 0) is 36.2 Å². The molecule has 0 amide bonds. The fourth-order valence-electron chi connectivity index (χ4n) is 3.19. The van der Waals surface area contributed by atoms with Gasteiger partial charge in [0.1, 0.15) is 11.3 Å². The average molecular weight is 499 g/mol. The van der Waals surface area contributed by atoms with Crippen molar-refractivity contribution in [3.8, 4) is 10.9 Å². The molecular weight excluding hydrogens is 480 g/mol. The molecule has 1 radical (unpaired) electrons. The van der Waals surface area contributed by atoms with Crippen molar-refractivity contribution >= 4 is 67.8 Å². The SMILES string of the molecule is CNS(=O)(=O)Nc1cccc(Cc2c(C)c3ccc(Oc4nccs4)cc3oc2=O)c1F.[Na]. The van der Waals surface area contributed by atoms with Gasteiger partial charge in [0, 0.05) is 71.6 Å². The molecule has 0 aliphatic heterocycles. The Morgan fingerprint density at radius 3 is 2.73 bits per heavy atom. The predicted molar refractivity (Wildman–Crippen MR) is 126 cm³/mol. The Kier molecular flexibility index (Phi) is 7.93. The third-order valence-corrected chi connectivity index (χ3v) is 6.51. The van der Waals surface area contributed by atoms with Crippen LogP contribution in [-0.4, -0.2) is 50.0 Å². The van der Waals surface area contributed by atoms with Crippen LogP contribution in [0.3, 0.4) is 0 Å². The van der Waals surface area contributed by atoms with E-state index >= 15 is 0 Å². The zero-order valence-corrected chi connectivity index (χ0v) is 21.6. The van der Waals surface area contributed by atoms with Crippen LogP contribution in [0.1, 0.15) is 16.7 Å². The number of fused-ring (bicyclic) bond motifs is 1. The Labute approximate surface area is 215 Å². The number of nitrogens with one attached hydrogen (secondary N) is 2. The molecule has 2 heterocycles. The quantitative estimate of drug-likeness (QED) is 0.298. The summed E-state index contributed by atoms with van der Waals surface area (Å²) in [5.41, 5.74) is 0.572. The van der Waals surface area contributed by atoms with Crippen LogP contribution in [0, 0.1) is 12.7 Å². The summed E-state index contributed by atoms with van der Waals surface area (Å²) in [5, 5.41) is 2.92. The van der Waals surface area contributed by atoms with Crippen molar-refractivity contribution in [2.24, 2.45) is 0 Å². The number of ether oxygens (including phenoxy) is 1. The number of rotatable bonds is 7. The van der Waals surface area contributed by atoms with Gasteiger partial charge in [-0.1, -0.05) is 23.5 Å². The summed E-state index contributed by atoms with van der Waals surface area (Å²) in [6.45, 7) is 1.75. The second kappa shape index (κ2) is 10.3. The topological polar surface area (TPSA) is 111 Å². The molecule has 0 aliphatic rings. The monoisotopic (exact) mass is 498 g/mol. The Balaban J connectivity index is 0.00000306. The maximum absolute atomic E-state index is 14.9. The molecule has 0 saturated carbocycles. The minimum atomic E-state index is -3.89. The van der Waals surface area contributed by atoms with Gasteiger partial charge >= 0.3 is 5.63 Å². The average Bonchev–Trinajstić information content (AvgIpc) is 3.26. The van der Waals surface area contributed by atoms with E-state index < -0.39 is 21.7 Å². The summed E-state index contributed by atoms with van der Waals surface area (Å²) in [4.78, 5) is 16.7. The molecule has 0 fully saturated rings. The number of hydrogen-bond acceptors (Lipinski definition) is 7. The predicted octanol–water partition coefficient (Wildman–Crippen LogP) is 3.58. The van der Waals surface area contributed by atoms with E-state index in [0.717, 1.165) is 0 Å². The van der Waals surface area contributed by atoms with Crippen LogP contribution in [0.2, 0.25) is 0 Å². The van der Waals surface area contributed by atoms with Crippen LogP contribution in [0.4, 0.5) is 10.1 Å². The molecule has 167 valence electrons. The van der Waals surface area contributed by atoms with Crippen LogP contribution >= 0.6 is 11.3 Å². The normalized spacial score (nSPS) is 11.2. The van der Waals surface area contributed by atoms with Gasteiger partial charge in [0.15, 0.2) is 5.82 Å². The second-order valence-corrected chi connectivity index (χ2v) is 9.29. The van der Waals surface area contributed by atoms with Crippen LogP contribution in [-0.2, 0) is 16.6 Å². The van der Waals surface area contributed by atoms with Crippen LogP contribution < -0.4 is 19.8 Å². The zero-order valence-electron chi connectivity index (χ0n) is 18.0. The van der Waals surface area contributed by atoms with Crippen LogP contribution in [0.15, 0.2) is 57.2 Å². The zero-order chi connectivity index (χ0) is 22.9. The summed E-state index contributed by atoms with van der Waals surface area (Å²) in [7, 11) is -2.68. The third kappa shape index (κ3) is 5.62. The molecule has 0 saturated heterocycles. The molecule has 0 atom stereocenters. The Morgan fingerprint density at radius 2 is 2.03 bits per heavy atom. The standard InChI is InChI=1S/C21H18FN3O5S2.Na/c1-12-15-7-6-14(29-21-24-8-9-31-21)11-18(15)30-20(26)16(12)10-13-4-3-5-17(19(13)22)25-32(27,28)23-2;/h3-9,11,23,25H,10H2,1-2H3;. The number of anilines is 1. The van der Waals surface area contributed by atoms with E-state index in [0.29, 0.717) is 27.5 Å².